The fourth-order valence-corrected chi connectivity index (χ4v) is 3.13. The van der Waals surface area contributed by atoms with Crippen LogP contribution in [0.5, 0.6) is 0 Å². The Morgan fingerprint density at radius 3 is 2.14 bits per heavy atom. The number of nitrogens with one attached hydrogen (secondary N) is 1. The SMILES string of the molecule is COC(CNS(=O)(=O)c1c(C)n(C)c(=O)n(C)c1=O)OC. The first kappa shape index (κ1) is 17.6. The summed E-state index contributed by atoms with van der Waals surface area (Å²) in [6, 6.07) is 0. The fourth-order valence-electron chi connectivity index (χ4n) is 1.74. The molecule has 1 N–H and O–H groups in total. The van der Waals surface area contributed by atoms with E-state index in [0.29, 0.717) is 0 Å². The second kappa shape index (κ2) is 6.52. The Bertz CT molecular complexity index is 730. The normalized spacial score (nSPS) is 12.1. The van der Waals surface area contributed by atoms with Crippen LogP contribution >= 0.6 is 0 Å². The maximum absolute atomic E-state index is 12.3. The van der Waals surface area contributed by atoms with Crippen LogP contribution in [0, 0.1) is 6.92 Å². The van der Waals surface area contributed by atoms with E-state index in [1.54, 1.807) is 0 Å². The highest BCUT2D eigenvalue weighted by Crippen LogP contribution is 2.07. The average Bonchev–Trinajstić information content (AvgIpc) is 2.44. The van der Waals surface area contributed by atoms with E-state index in [4.69, 9.17) is 9.47 Å². The zero-order valence-corrected chi connectivity index (χ0v) is 13.4. The molecule has 0 radical (unpaired) electrons. The molecule has 9 nitrogen and oxygen atoms in total. The molecule has 0 aromatic carbocycles. The maximum atomic E-state index is 12.3. The number of sulfonamides is 1. The molecule has 1 aromatic heterocycles. The minimum atomic E-state index is -4.10. The molecule has 0 amide bonds. The van der Waals surface area contributed by atoms with Crippen LogP contribution in [-0.4, -0.2) is 44.6 Å². The first-order valence-electron chi connectivity index (χ1n) is 5.99. The highest BCUT2D eigenvalue weighted by molar-refractivity contribution is 7.89. The van der Waals surface area contributed by atoms with Crippen molar-refractivity contribution in [3.63, 3.8) is 0 Å². The van der Waals surface area contributed by atoms with E-state index in [9.17, 15) is 18.0 Å². The number of aromatic nitrogens is 2. The number of rotatable bonds is 6. The van der Waals surface area contributed by atoms with Crippen molar-refractivity contribution in [3.8, 4) is 0 Å². The summed E-state index contributed by atoms with van der Waals surface area (Å²) in [6.45, 7) is 1.22. The summed E-state index contributed by atoms with van der Waals surface area (Å²) in [5, 5.41) is 0. The lowest BCUT2D eigenvalue weighted by atomic mass is 10.4. The van der Waals surface area contributed by atoms with Crippen LogP contribution in [0.4, 0.5) is 0 Å². The molecule has 0 atom stereocenters. The van der Waals surface area contributed by atoms with Gasteiger partial charge >= 0.3 is 5.69 Å². The van der Waals surface area contributed by atoms with Gasteiger partial charge in [-0.3, -0.25) is 13.9 Å². The van der Waals surface area contributed by atoms with Gasteiger partial charge in [-0.25, -0.2) is 17.9 Å². The van der Waals surface area contributed by atoms with Crippen LogP contribution in [0.1, 0.15) is 5.69 Å². The van der Waals surface area contributed by atoms with Crippen LogP contribution in [0.2, 0.25) is 0 Å². The van der Waals surface area contributed by atoms with Crippen molar-refractivity contribution >= 4 is 10.0 Å². The Kier molecular flexibility index (Phi) is 5.45. The van der Waals surface area contributed by atoms with E-state index in [2.05, 4.69) is 4.72 Å². The molecule has 0 aliphatic rings. The van der Waals surface area contributed by atoms with Gasteiger partial charge in [-0.15, -0.1) is 0 Å². The van der Waals surface area contributed by atoms with Gasteiger partial charge in [0.1, 0.15) is 0 Å². The molecule has 0 saturated carbocycles. The molecule has 1 aromatic rings. The van der Waals surface area contributed by atoms with Crippen molar-refractivity contribution in [1.82, 2.24) is 13.9 Å². The molecular weight excluding hydrogens is 302 g/mol. The second-order valence-electron chi connectivity index (χ2n) is 4.37. The molecule has 0 bridgehead atoms. The van der Waals surface area contributed by atoms with Gasteiger partial charge in [0.15, 0.2) is 11.2 Å². The monoisotopic (exact) mass is 321 g/mol. The van der Waals surface area contributed by atoms with Crippen LogP contribution in [0.3, 0.4) is 0 Å². The summed E-state index contributed by atoms with van der Waals surface area (Å²) in [7, 11) is 1.23. The van der Waals surface area contributed by atoms with E-state index in [1.165, 1.54) is 35.2 Å². The summed E-state index contributed by atoms with van der Waals surface area (Å²) >= 11 is 0. The van der Waals surface area contributed by atoms with Gasteiger partial charge in [0, 0.05) is 34.0 Å². The molecule has 1 heterocycles. The minimum absolute atomic E-state index is 0.0574. The molecule has 0 spiro atoms. The topological polar surface area (TPSA) is 109 Å². The van der Waals surface area contributed by atoms with Crippen molar-refractivity contribution in [1.29, 1.82) is 0 Å². The van der Waals surface area contributed by atoms with Gasteiger partial charge in [-0.05, 0) is 6.92 Å². The maximum Gasteiger partial charge on any atom is 0.330 e. The smallest absolute Gasteiger partial charge is 0.330 e. The Morgan fingerprint density at radius 1 is 1.14 bits per heavy atom. The molecule has 10 heteroatoms. The molecule has 0 fully saturated rings. The van der Waals surface area contributed by atoms with Crippen molar-refractivity contribution in [3.05, 3.63) is 26.5 Å². The lowest BCUT2D eigenvalue weighted by Gasteiger charge is -2.16. The van der Waals surface area contributed by atoms with Crippen molar-refractivity contribution < 1.29 is 17.9 Å². The summed E-state index contributed by atoms with van der Waals surface area (Å²) < 4.78 is 38.4. The molecule has 0 saturated heterocycles. The first-order chi connectivity index (χ1) is 9.67. The molecular formula is C11H19N3O6S. The summed E-state index contributed by atoms with van der Waals surface area (Å²) in [4.78, 5) is 23.3. The predicted molar refractivity (Wildman–Crippen MR) is 74.7 cm³/mol. The molecule has 0 aliphatic carbocycles. The Labute approximate surface area is 122 Å². The number of hydrogen-bond acceptors (Lipinski definition) is 6. The van der Waals surface area contributed by atoms with E-state index >= 15 is 0 Å². The van der Waals surface area contributed by atoms with Crippen LogP contribution in [0.25, 0.3) is 0 Å². The molecule has 120 valence electrons. The van der Waals surface area contributed by atoms with E-state index in [1.807, 2.05) is 0 Å². The summed E-state index contributed by atoms with van der Waals surface area (Å²) in [5.74, 6) is 0. The van der Waals surface area contributed by atoms with Gasteiger partial charge in [-0.2, -0.15) is 0 Å². The fraction of sp³-hybridized carbons (Fsp3) is 0.636. The zero-order chi connectivity index (χ0) is 16.4. The third-order valence-electron chi connectivity index (χ3n) is 3.14. The minimum Gasteiger partial charge on any atom is -0.355 e. The van der Waals surface area contributed by atoms with Gasteiger partial charge < -0.3 is 9.47 Å². The van der Waals surface area contributed by atoms with Crippen LogP contribution < -0.4 is 16.0 Å². The molecule has 1 rings (SSSR count). The van der Waals surface area contributed by atoms with E-state index in [-0.39, 0.29) is 12.2 Å². The first-order valence-corrected chi connectivity index (χ1v) is 7.47. The van der Waals surface area contributed by atoms with Crippen LogP contribution in [-0.2, 0) is 33.6 Å². The number of methoxy groups -OCH3 is 2. The van der Waals surface area contributed by atoms with Gasteiger partial charge in [0.2, 0.25) is 10.0 Å². The second-order valence-corrected chi connectivity index (χ2v) is 6.08. The van der Waals surface area contributed by atoms with Crippen molar-refractivity contribution in [2.24, 2.45) is 14.1 Å². The van der Waals surface area contributed by atoms with Gasteiger partial charge in [0.25, 0.3) is 5.56 Å². The predicted octanol–water partition coefficient (Wildman–Crippen LogP) is -1.71. The van der Waals surface area contributed by atoms with Crippen LogP contribution in [0.15, 0.2) is 14.5 Å². The zero-order valence-electron chi connectivity index (χ0n) is 12.5. The molecule has 21 heavy (non-hydrogen) atoms. The number of hydrogen-bond donors (Lipinski definition) is 1. The Hall–Kier alpha value is -1.49. The third kappa shape index (κ3) is 3.40. The number of nitrogens with zero attached hydrogens (tertiary/aromatic N) is 2. The molecule has 0 unspecified atom stereocenters. The summed E-state index contributed by atoms with van der Waals surface area (Å²) in [5.41, 5.74) is -1.42. The van der Waals surface area contributed by atoms with Gasteiger partial charge in [0.05, 0.1) is 6.54 Å². The highest BCUT2D eigenvalue weighted by atomic mass is 32.2. The van der Waals surface area contributed by atoms with Crippen molar-refractivity contribution in [2.75, 3.05) is 20.8 Å². The Morgan fingerprint density at radius 2 is 1.67 bits per heavy atom. The lowest BCUT2D eigenvalue weighted by Crippen LogP contribution is -2.44. The Balaban J connectivity index is 3.34. The molecule has 0 aliphatic heterocycles. The summed E-state index contributed by atoms with van der Waals surface area (Å²) in [6.07, 6.45) is -0.781. The quantitative estimate of drug-likeness (QED) is 0.625. The van der Waals surface area contributed by atoms with E-state index in [0.717, 1.165) is 9.13 Å². The highest BCUT2D eigenvalue weighted by Gasteiger charge is 2.25. The lowest BCUT2D eigenvalue weighted by molar-refractivity contribution is -0.0960. The van der Waals surface area contributed by atoms with E-state index < -0.39 is 32.5 Å². The largest absolute Gasteiger partial charge is 0.355 e. The average molecular weight is 321 g/mol. The van der Waals surface area contributed by atoms with Gasteiger partial charge in [-0.1, -0.05) is 0 Å². The standard InChI is InChI=1S/C11H19N3O6S/c1-7-9(10(15)14(3)11(16)13(7)2)21(17,18)12-6-8(19-4)20-5/h8,12H,6H2,1-5H3. The van der Waals surface area contributed by atoms with Crippen molar-refractivity contribution in [2.45, 2.75) is 18.1 Å². The number of ether oxygens (including phenoxy) is 2. The third-order valence-corrected chi connectivity index (χ3v) is 4.69.